The molecule has 3 amide bonds. The second-order valence-corrected chi connectivity index (χ2v) is 4.69. The van der Waals surface area contributed by atoms with Crippen LogP contribution in [0.25, 0.3) is 0 Å². The number of nitrogens with one attached hydrogen (secondary N) is 2. The van der Waals surface area contributed by atoms with E-state index in [9.17, 15) is 14.4 Å². The summed E-state index contributed by atoms with van der Waals surface area (Å²) >= 11 is 5.93. The molecule has 0 heterocycles. The Morgan fingerprint density at radius 2 is 1.76 bits per heavy atom. The van der Waals surface area contributed by atoms with E-state index in [-0.39, 0.29) is 17.7 Å². The summed E-state index contributed by atoms with van der Waals surface area (Å²) < 4.78 is 0. The molecule has 0 spiro atoms. The van der Waals surface area contributed by atoms with Crippen LogP contribution >= 0.6 is 11.6 Å². The van der Waals surface area contributed by atoms with Crippen LogP contribution in [0.4, 0.5) is 4.79 Å². The number of benzene rings is 1. The van der Waals surface area contributed by atoms with Crippen molar-refractivity contribution in [2.75, 3.05) is 0 Å². The van der Waals surface area contributed by atoms with Gasteiger partial charge in [0, 0.05) is 22.7 Å². The molecule has 21 heavy (non-hydrogen) atoms. The Hall–Kier alpha value is -2.34. The molecule has 0 unspecified atom stereocenters. The van der Waals surface area contributed by atoms with E-state index in [1.54, 1.807) is 24.3 Å². The normalized spacial score (nSPS) is 11.4. The number of carbonyl (C=O) groups is 3. The summed E-state index contributed by atoms with van der Waals surface area (Å²) in [5, 5.41) is 13.8. The fourth-order valence-electron chi connectivity index (χ4n) is 1.39. The molecule has 0 aromatic heterocycles. The molecule has 112 valence electrons. The van der Waals surface area contributed by atoms with Gasteiger partial charge >= 0.3 is 12.0 Å². The summed E-state index contributed by atoms with van der Waals surface area (Å²) in [6, 6.07) is 6.24. The second kappa shape index (κ2) is 7.44. The zero-order valence-corrected chi connectivity index (χ0v) is 12.3. The maximum absolute atomic E-state index is 11.7. The van der Waals surface area contributed by atoms with E-state index in [0.29, 0.717) is 10.6 Å². The average Bonchev–Trinajstić information content (AvgIpc) is 2.44. The molecule has 1 aromatic carbocycles. The van der Waals surface area contributed by atoms with Crippen LogP contribution in [-0.2, 0) is 16.1 Å². The zero-order chi connectivity index (χ0) is 16.0. The topological polar surface area (TPSA) is 95.5 Å². The molecule has 1 aromatic rings. The smallest absolute Gasteiger partial charge is 0.331 e. The fourth-order valence-corrected chi connectivity index (χ4v) is 1.59. The van der Waals surface area contributed by atoms with Gasteiger partial charge in [-0.1, -0.05) is 29.8 Å². The lowest BCUT2D eigenvalue weighted by atomic mass is 10.1. The highest BCUT2D eigenvalue weighted by atomic mass is 35.5. The minimum atomic E-state index is -1.21. The number of hydrogen-bond acceptors (Lipinski definition) is 3. The number of carbonyl (C=O) groups excluding carboxylic acids is 2. The van der Waals surface area contributed by atoms with Gasteiger partial charge in [-0.2, -0.15) is 0 Å². The van der Waals surface area contributed by atoms with Crippen LogP contribution in [0.3, 0.4) is 0 Å². The third-order valence-electron chi connectivity index (χ3n) is 2.85. The van der Waals surface area contributed by atoms with Gasteiger partial charge in [-0.25, -0.2) is 9.59 Å². The number of halogens is 1. The van der Waals surface area contributed by atoms with Crippen LogP contribution in [0.1, 0.15) is 19.4 Å². The largest absolute Gasteiger partial charge is 0.478 e. The molecule has 3 N–H and O–H groups in total. The Kier molecular flexibility index (Phi) is 5.92. The van der Waals surface area contributed by atoms with E-state index in [4.69, 9.17) is 16.7 Å². The minimum absolute atomic E-state index is 0.0320. The van der Waals surface area contributed by atoms with Gasteiger partial charge in [0.2, 0.25) is 0 Å². The monoisotopic (exact) mass is 310 g/mol. The third-order valence-corrected chi connectivity index (χ3v) is 3.22. The van der Waals surface area contributed by atoms with Gasteiger partial charge in [0.1, 0.15) is 0 Å². The number of carboxylic acids is 1. The van der Waals surface area contributed by atoms with Crippen molar-refractivity contribution in [3.63, 3.8) is 0 Å². The van der Waals surface area contributed by atoms with Crippen molar-refractivity contribution in [1.82, 2.24) is 10.6 Å². The Labute approximate surface area is 126 Å². The Morgan fingerprint density at radius 1 is 1.14 bits per heavy atom. The number of hydrogen-bond donors (Lipinski definition) is 3. The Morgan fingerprint density at radius 3 is 2.33 bits per heavy atom. The van der Waals surface area contributed by atoms with Crippen molar-refractivity contribution in [2.24, 2.45) is 0 Å². The lowest BCUT2D eigenvalue weighted by Gasteiger charge is -2.09. The van der Waals surface area contributed by atoms with Crippen molar-refractivity contribution < 1.29 is 19.5 Å². The zero-order valence-electron chi connectivity index (χ0n) is 11.6. The van der Waals surface area contributed by atoms with Crippen molar-refractivity contribution in [3.05, 3.63) is 46.0 Å². The summed E-state index contributed by atoms with van der Waals surface area (Å²) in [4.78, 5) is 34.0. The van der Waals surface area contributed by atoms with Gasteiger partial charge in [0.05, 0.1) is 0 Å². The molecule has 0 aliphatic carbocycles. The van der Waals surface area contributed by atoms with Crippen molar-refractivity contribution in [1.29, 1.82) is 0 Å². The number of amides is 3. The van der Waals surface area contributed by atoms with E-state index >= 15 is 0 Å². The number of imide groups is 1. The van der Waals surface area contributed by atoms with E-state index in [0.717, 1.165) is 0 Å². The number of urea groups is 1. The summed E-state index contributed by atoms with van der Waals surface area (Å²) in [6.07, 6.45) is 0. The van der Waals surface area contributed by atoms with Crippen molar-refractivity contribution >= 4 is 29.5 Å². The minimum Gasteiger partial charge on any atom is -0.478 e. The molecule has 1 rings (SSSR count). The summed E-state index contributed by atoms with van der Waals surface area (Å²) in [5.41, 5.74) is 0.553. The Bertz CT molecular complexity index is 611. The van der Waals surface area contributed by atoms with Crippen LogP contribution in [0, 0.1) is 0 Å². The first-order valence-corrected chi connectivity index (χ1v) is 6.44. The molecule has 0 bridgehead atoms. The van der Waals surface area contributed by atoms with Gasteiger partial charge < -0.3 is 10.4 Å². The van der Waals surface area contributed by atoms with Gasteiger partial charge in [-0.05, 0) is 25.5 Å². The highest BCUT2D eigenvalue weighted by molar-refractivity contribution is 6.31. The number of rotatable bonds is 4. The highest BCUT2D eigenvalue weighted by Crippen LogP contribution is 2.14. The molecule has 0 fully saturated rings. The average molecular weight is 311 g/mol. The first kappa shape index (κ1) is 16.7. The van der Waals surface area contributed by atoms with E-state index in [1.807, 2.05) is 0 Å². The molecule has 0 saturated carbocycles. The molecular formula is C14H15ClN2O4. The van der Waals surface area contributed by atoms with Gasteiger partial charge in [0.15, 0.2) is 0 Å². The van der Waals surface area contributed by atoms with E-state index in [2.05, 4.69) is 10.6 Å². The van der Waals surface area contributed by atoms with Gasteiger partial charge in [-0.15, -0.1) is 0 Å². The van der Waals surface area contributed by atoms with E-state index < -0.39 is 17.9 Å². The predicted molar refractivity (Wildman–Crippen MR) is 77.8 cm³/mol. The first-order chi connectivity index (χ1) is 9.82. The Balaban J connectivity index is 2.59. The van der Waals surface area contributed by atoms with Crippen LogP contribution < -0.4 is 10.6 Å². The lowest BCUT2D eigenvalue weighted by Crippen LogP contribution is -2.39. The summed E-state index contributed by atoms with van der Waals surface area (Å²) in [6.45, 7) is 2.78. The van der Waals surface area contributed by atoms with Crippen molar-refractivity contribution in [3.8, 4) is 0 Å². The van der Waals surface area contributed by atoms with Crippen LogP contribution in [0.5, 0.6) is 0 Å². The third kappa shape index (κ3) is 4.92. The maximum atomic E-state index is 11.7. The number of carboxylic acid groups (broad SMARTS) is 1. The van der Waals surface area contributed by atoms with Crippen LogP contribution in [0.15, 0.2) is 35.4 Å². The van der Waals surface area contributed by atoms with Gasteiger partial charge in [-0.3, -0.25) is 10.1 Å². The maximum Gasteiger partial charge on any atom is 0.331 e. The highest BCUT2D eigenvalue weighted by Gasteiger charge is 2.15. The molecule has 0 radical (unpaired) electrons. The molecular weight excluding hydrogens is 296 g/mol. The number of aliphatic carboxylic acids is 1. The van der Waals surface area contributed by atoms with Crippen molar-refractivity contribution in [2.45, 2.75) is 20.4 Å². The van der Waals surface area contributed by atoms with Gasteiger partial charge in [0.25, 0.3) is 5.91 Å². The van der Waals surface area contributed by atoms with Crippen LogP contribution in [-0.4, -0.2) is 23.0 Å². The standard InChI is InChI=1S/C14H15ClN2O4/c1-8(9(2)13(19)20)12(18)17-14(21)16-7-10-5-3-4-6-11(10)15/h3-6H,7H2,1-2H3,(H,19,20)(H2,16,17,18,21). The molecule has 0 atom stereocenters. The molecule has 7 heteroatoms. The first-order valence-electron chi connectivity index (χ1n) is 6.06. The SMILES string of the molecule is CC(C(=O)O)=C(C)C(=O)NC(=O)NCc1ccccc1Cl. The quantitative estimate of drug-likeness (QED) is 0.742. The van der Waals surface area contributed by atoms with E-state index in [1.165, 1.54) is 13.8 Å². The molecule has 0 aliphatic heterocycles. The lowest BCUT2D eigenvalue weighted by molar-refractivity contribution is -0.133. The molecule has 0 saturated heterocycles. The fraction of sp³-hybridized carbons (Fsp3) is 0.214. The molecule has 6 nitrogen and oxygen atoms in total. The predicted octanol–water partition coefficient (Wildman–Crippen LogP) is 2.09. The summed E-state index contributed by atoms with van der Waals surface area (Å²) in [7, 11) is 0. The second-order valence-electron chi connectivity index (χ2n) is 4.28. The summed E-state index contributed by atoms with van der Waals surface area (Å²) in [5.74, 6) is -1.97. The van der Waals surface area contributed by atoms with Crippen LogP contribution in [0.2, 0.25) is 5.02 Å². The molecule has 0 aliphatic rings.